The maximum Gasteiger partial charge on any atom is 0.240 e. The second kappa shape index (κ2) is 14.0. The van der Waals surface area contributed by atoms with E-state index in [-0.39, 0.29) is 42.9 Å². The normalized spacial score (nSPS) is 30.0. The van der Waals surface area contributed by atoms with Gasteiger partial charge in [-0.1, -0.05) is 38.8 Å². The highest BCUT2D eigenvalue weighted by Gasteiger charge is 2.62. The van der Waals surface area contributed by atoms with Crippen molar-refractivity contribution in [3.8, 4) is 16.7 Å². The minimum atomic E-state index is -3.89. The van der Waals surface area contributed by atoms with Crippen LogP contribution in [0.4, 0.5) is 0 Å². The molecule has 276 valence electrons. The van der Waals surface area contributed by atoms with Gasteiger partial charge >= 0.3 is 0 Å². The van der Waals surface area contributed by atoms with Crippen molar-refractivity contribution < 1.29 is 27.5 Å². The minimum absolute atomic E-state index is 0.154. The van der Waals surface area contributed by atoms with Crippen LogP contribution in [0, 0.1) is 11.3 Å². The number of fused-ring (bicyclic) bond motifs is 3. The molecule has 3 aliphatic carbocycles. The van der Waals surface area contributed by atoms with Crippen LogP contribution in [-0.4, -0.2) is 75.3 Å². The summed E-state index contributed by atoms with van der Waals surface area (Å²) >= 11 is 1.50. The van der Waals surface area contributed by atoms with Gasteiger partial charge in [0.25, 0.3) is 0 Å². The van der Waals surface area contributed by atoms with Gasteiger partial charge in [0, 0.05) is 23.8 Å². The number of Topliss-reactive ketones (excluding diaryl/α,β-unsaturated/α-hetero) is 1. The van der Waals surface area contributed by atoms with Crippen LogP contribution < -0.4 is 15.2 Å². The molecular weight excluding hydrogens is 689 g/mol. The highest BCUT2D eigenvalue weighted by Crippen LogP contribution is 2.57. The fourth-order valence-electron chi connectivity index (χ4n) is 7.75. The summed E-state index contributed by atoms with van der Waals surface area (Å²) in [6, 6.07) is -1.63. The van der Waals surface area contributed by atoms with Gasteiger partial charge in [0.15, 0.2) is 16.6 Å². The van der Waals surface area contributed by atoms with Crippen LogP contribution in [0.2, 0.25) is 0 Å². The first-order chi connectivity index (χ1) is 24.3. The molecule has 12 nitrogen and oxygen atoms in total. The summed E-state index contributed by atoms with van der Waals surface area (Å²) in [6.45, 7) is 5.98. The minimum Gasteiger partial charge on any atom is -0.472 e. The van der Waals surface area contributed by atoms with Gasteiger partial charge in [0.1, 0.15) is 6.10 Å². The Bertz CT molecular complexity index is 1840. The Morgan fingerprint density at radius 3 is 2.63 bits per heavy atom. The predicted octanol–water partition coefficient (Wildman–Crippen LogP) is 4.76. The van der Waals surface area contributed by atoms with Gasteiger partial charge in [0.2, 0.25) is 27.7 Å². The summed E-state index contributed by atoms with van der Waals surface area (Å²) in [6.07, 6.45) is 12.3. The number of sulfonamides is 1. The number of carbonyl (C=O) groups is 3. The molecule has 3 fully saturated rings. The fourth-order valence-corrected chi connectivity index (χ4v) is 9.99. The van der Waals surface area contributed by atoms with E-state index in [1.54, 1.807) is 11.8 Å². The van der Waals surface area contributed by atoms with Crippen LogP contribution in [0.25, 0.3) is 10.8 Å². The molecule has 0 aromatic carbocycles. The zero-order valence-electron chi connectivity index (χ0n) is 29.9. The molecule has 14 heteroatoms. The number of nitrogens with one attached hydrogen (secondary N) is 1. The summed E-state index contributed by atoms with van der Waals surface area (Å²) in [5.74, 6) is -0.237. The second-order valence-corrected chi connectivity index (χ2v) is 18.9. The van der Waals surface area contributed by atoms with Gasteiger partial charge in [-0.3, -0.25) is 19.1 Å². The quantitative estimate of drug-likeness (QED) is 0.377. The van der Waals surface area contributed by atoms with Crippen LogP contribution in [0.5, 0.6) is 5.88 Å². The molecule has 2 saturated carbocycles. The fraction of sp³-hybridized carbons (Fsp3) is 0.676. The average molecular weight is 739 g/mol. The summed E-state index contributed by atoms with van der Waals surface area (Å²) in [4.78, 5) is 58.2. The van der Waals surface area contributed by atoms with E-state index in [1.165, 1.54) is 11.3 Å². The average Bonchev–Trinajstić information content (AvgIpc) is 3.86. The van der Waals surface area contributed by atoms with Gasteiger partial charge < -0.3 is 15.4 Å². The topological polar surface area (TPSA) is 175 Å². The van der Waals surface area contributed by atoms with E-state index in [2.05, 4.69) is 18.6 Å². The molecule has 4 heterocycles. The maximum absolute atomic E-state index is 14.4. The van der Waals surface area contributed by atoms with Gasteiger partial charge in [-0.25, -0.2) is 18.4 Å². The standard InChI is InChI=1S/C37H50N6O6S2/c1-22(2)28-21-50-33(40-28)31-39-27-14-10-9-12-25(27)32(41-31)49-24-17-29-30(44)19-37(35(46)42-51(47,48)36(3)15-16-36)18-23(37)11-7-5-4-6-8-13-26(38)34(45)43(29)20-24/h7,11,21-24,26,29H,4-6,8-10,12-20,38H2,1-3H3,(H,42,46)/b11-7-/t23-,24-,26+,29+,37-/m1/s1. The highest BCUT2D eigenvalue weighted by molar-refractivity contribution is 7.91. The number of rotatable bonds is 7. The molecule has 2 aromatic rings. The first-order valence-corrected chi connectivity index (χ1v) is 21.0. The lowest BCUT2D eigenvalue weighted by molar-refractivity contribution is -0.140. The SMILES string of the molecule is CC(C)c1csc(-c2nc3c(c(O[C@@H]4C[C@H]5C(=O)C[C@]6(C(=O)NS(=O)(=O)C7(C)CC7)C[C@H]6/C=C\CCCCC[C@H](N)C(=O)N5C4)n2)CCCC3)n1. The number of aromatic nitrogens is 3. The number of ether oxygens (including phenoxy) is 1. The van der Waals surface area contributed by atoms with Crippen molar-refractivity contribution in [2.45, 2.75) is 140 Å². The maximum atomic E-state index is 14.4. The zero-order chi connectivity index (χ0) is 36.1. The lowest BCUT2D eigenvalue weighted by atomic mass is 9.91. The number of thiazole rings is 1. The van der Waals surface area contributed by atoms with Crippen molar-refractivity contribution in [3.05, 3.63) is 34.5 Å². The zero-order valence-corrected chi connectivity index (χ0v) is 31.5. The number of hydrogen-bond donors (Lipinski definition) is 2. The molecule has 5 aliphatic rings. The Kier molecular flexibility index (Phi) is 9.89. The van der Waals surface area contributed by atoms with E-state index in [0.717, 1.165) is 73.3 Å². The van der Waals surface area contributed by atoms with Gasteiger partial charge in [-0.15, -0.1) is 11.3 Å². The molecule has 2 amide bonds. The van der Waals surface area contributed by atoms with Crippen LogP contribution >= 0.6 is 11.3 Å². The Morgan fingerprint density at radius 1 is 1.10 bits per heavy atom. The van der Waals surface area contributed by atoms with Crippen LogP contribution in [0.3, 0.4) is 0 Å². The van der Waals surface area contributed by atoms with E-state index in [1.807, 2.05) is 17.5 Å². The molecule has 7 rings (SSSR count). The summed E-state index contributed by atoms with van der Waals surface area (Å²) in [5, 5.41) is 2.75. The largest absolute Gasteiger partial charge is 0.472 e. The van der Waals surface area contributed by atoms with Crippen LogP contribution in [-0.2, 0) is 37.2 Å². The molecule has 3 N–H and O–H groups in total. The first kappa shape index (κ1) is 36.1. The number of carbonyl (C=O) groups excluding carboxylic acids is 3. The molecule has 0 radical (unpaired) electrons. The molecule has 0 bridgehead atoms. The highest BCUT2D eigenvalue weighted by atomic mass is 32.2. The van der Waals surface area contributed by atoms with Crippen LogP contribution in [0.15, 0.2) is 17.5 Å². The third-order valence-corrected chi connectivity index (χ3v) is 14.6. The Hall–Kier alpha value is -3.23. The lowest BCUT2D eigenvalue weighted by Crippen LogP contribution is -2.50. The van der Waals surface area contributed by atoms with E-state index in [4.69, 9.17) is 25.4 Å². The van der Waals surface area contributed by atoms with Crippen molar-refractivity contribution >= 4 is 39.0 Å². The van der Waals surface area contributed by atoms with Crippen molar-refractivity contribution in [3.63, 3.8) is 0 Å². The number of ketones is 1. The number of nitrogens with zero attached hydrogens (tertiary/aromatic N) is 4. The number of hydrogen-bond acceptors (Lipinski definition) is 11. The smallest absolute Gasteiger partial charge is 0.240 e. The third kappa shape index (κ3) is 7.24. The van der Waals surface area contributed by atoms with E-state index in [9.17, 15) is 22.8 Å². The Labute approximate surface area is 304 Å². The Morgan fingerprint density at radius 2 is 1.88 bits per heavy atom. The van der Waals surface area contributed by atoms with Gasteiger partial charge in [-0.05, 0) is 83.0 Å². The molecule has 2 aliphatic heterocycles. The summed E-state index contributed by atoms with van der Waals surface area (Å²) < 4.78 is 34.2. The molecule has 51 heavy (non-hydrogen) atoms. The second-order valence-electron chi connectivity index (χ2n) is 15.9. The van der Waals surface area contributed by atoms with Crippen molar-refractivity contribution in [2.75, 3.05) is 6.54 Å². The molecule has 5 atom stereocenters. The molecule has 0 unspecified atom stereocenters. The van der Waals surface area contributed by atoms with Gasteiger partial charge in [0.05, 0.1) is 40.2 Å². The molecular formula is C37H50N6O6S2. The molecule has 0 spiro atoms. The number of aryl methyl sites for hydroxylation is 1. The number of amides is 2. The van der Waals surface area contributed by atoms with Crippen LogP contribution in [0.1, 0.15) is 121 Å². The van der Waals surface area contributed by atoms with Crippen molar-refractivity contribution in [2.24, 2.45) is 17.1 Å². The number of nitrogens with two attached hydrogens (primary N) is 1. The van der Waals surface area contributed by atoms with Crippen molar-refractivity contribution in [1.29, 1.82) is 0 Å². The molecule has 2 aromatic heterocycles. The van der Waals surface area contributed by atoms with E-state index in [0.29, 0.717) is 37.4 Å². The van der Waals surface area contributed by atoms with E-state index >= 15 is 0 Å². The van der Waals surface area contributed by atoms with E-state index < -0.39 is 44.3 Å². The lowest BCUT2D eigenvalue weighted by Gasteiger charge is -2.27. The first-order valence-electron chi connectivity index (χ1n) is 18.6. The Balaban J connectivity index is 1.17. The molecule has 1 saturated heterocycles. The predicted molar refractivity (Wildman–Crippen MR) is 193 cm³/mol. The van der Waals surface area contributed by atoms with Gasteiger partial charge in [-0.2, -0.15) is 4.98 Å². The summed E-state index contributed by atoms with van der Waals surface area (Å²) in [5.41, 5.74) is 8.16. The third-order valence-electron chi connectivity index (χ3n) is 11.6. The van der Waals surface area contributed by atoms with Crippen molar-refractivity contribution in [1.82, 2.24) is 24.6 Å². The number of allylic oxidation sites excluding steroid dienone is 2. The monoisotopic (exact) mass is 738 g/mol. The summed E-state index contributed by atoms with van der Waals surface area (Å²) in [7, 11) is -3.89.